The molecule has 0 unspecified atom stereocenters. The molecule has 3 heteroatoms. The molecule has 0 aliphatic carbocycles. The maximum absolute atomic E-state index is 10.7. The number of benzene rings is 1. The van der Waals surface area contributed by atoms with Crippen LogP contribution < -0.4 is 0 Å². The van der Waals surface area contributed by atoms with Crippen molar-refractivity contribution in [1.82, 2.24) is 0 Å². The maximum atomic E-state index is 10.7. The molecule has 0 amide bonds. The number of aliphatic imine (C=N–C) groups is 1. The van der Waals surface area contributed by atoms with Crippen molar-refractivity contribution in [3.63, 3.8) is 0 Å². The standard InChI is InChI=1S/C14H17NO2/c1-9-14(2,3)13-10(7-8-12(16)17)5-4-6-11(13)15-9/h4-6H,7-8H2,1-3H3,(H,16,17). The fraction of sp³-hybridized carbons (Fsp3) is 0.429. The third kappa shape index (κ3) is 1.97. The number of aryl methyl sites for hydroxylation is 1. The van der Waals surface area contributed by atoms with Crippen molar-refractivity contribution in [1.29, 1.82) is 0 Å². The van der Waals surface area contributed by atoms with Gasteiger partial charge in [0.15, 0.2) is 0 Å². The molecule has 0 atom stereocenters. The van der Waals surface area contributed by atoms with E-state index in [4.69, 9.17) is 5.11 Å². The van der Waals surface area contributed by atoms with Gasteiger partial charge in [-0.2, -0.15) is 0 Å². The molecule has 1 aliphatic rings. The number of nitrogens with zero attached hydrogens (tertiary/aromatic N) is 1. The van der Waals surface area contributed by atoms with Crippen molar-refractivity contribution in [2.75, 3.05) is 0 Å². The van der Waals surface area contributed by atoms with E-state index in [1.165, 1.54) is 5.56 Å². The van der Waals surface area contributed by atoms with Gasteiger partial charge in [-0.1, -0.05) is 26.0 Å². The van der Waals surface area contributed by atoms with E-state index in [1.54, 1.807) is 0 Å². The number of carbonyl (C=O) groups is 1. The Bertz CT molecular complexity index is 501. The molecule has 1 aliphatic heterocycles. The van der Waals surface area contributed by atoms with E-state index >= 15 is 0 Å². The second kappa shape index (κ2) is 3.99. The van der Waals surface area contributed by atoms with Crippen molar-refractivity contribution >= 4 is 17.4 Å². The van der Waals surface area contributed by atoms with Crippen LogP contribution in [0.4, 0.5) is 5.69 Å². The molecule has 1 heterocycles. The minimum absolute atomic E-state index is 0.0789. The number of hydrogen-bond donors (Lipinski definition) is 1. The molecule has 0 spiro atoms. The number of rotatable bonds is 3. The average Bonchev–Trinajstić information content (AvgIpc) is 2.48. The van der Waals surface area contributed by atoms with Crippen LogP contribution in [-0.4, -0.2) is 16.8 Å². The zero-order valence-electron chi connectivity index (χ0n) is 10.4. The Morgan fingerprint density at radius 1 is 1.41 bits per heavy atom. The average molecular weight is 231 g/mol. The van der Waals surface area contributed by atoms with Crippen LogP contribution in [0.15, 0.2) is 23.2 Å². The normalized spacial score (nSPS) is 16.5. The first-order chi connectivity index (χ1) is 7.93. The molecule has 2 rings (SSSR count). The fourth-order valence-electron chi connectivity index (χ4n) is 2.35. The molecule has 0 saturated carbocycles. The Labute approximate surface area is 101 Å². The number of carboxylic acids is 1. The zero-order valence-corrected chi connectivity index (χ0v) is 10.4. The van der Waals surface area contributed by atoms with Gasteiger partial charge in [0.05, 0.1) is 5.69 Å². The maximum Gasteiger partial charge on any atom is 0.303 e. The Balaban J connectivity index is 2.41. The van der Waals surface area contributed by atoms with Crippen molar-refractivity contribution in [2.24, 2.45) is 4.99 Å². The third-order valence-electron chi connectivity index (χ3n) is 3.55. The van der Waals surface area contributed by atoms with E-state index < -0.39 is 5.97 Å². The van der Waals surface area contributed by atoms with Gasteiger partial charge in [0, 0.05) is 17.5 Å². The lowest BCUT2D eigenvalue weighted by Gasteiger charge is -2.23. The summed E-state index contributed by atoms with van der Waals surface area (Å²) in [5.74, 6) is -0.754. The minimum atomic E-state index is -0.754. The van der Waals surface area contributed by atoms with E-state index in [0.717, 1.165) is 17.0 Å². The van der Waals surface area contributed by atoms with Crippen LogP contribution in [0.3, 0.4) is 0 Å². The van der Waals surface area contributed by atoms with Gasteiger partial charge in [0.25, 0.3) is 0 Å². The van der Waals surface area contributed by atoms with E-state index in [0.29, 0.717) is 6.42 Å². The molecule has 0 fully saturated rings. The molecule has 0 bridgehead atoms. The van der Waals surface area contributed by atoms with Gasteiger partial charge in [-0.05, 0) is 30.5 Å². The Morgan fingerprint density at radius 2 is 2.12 bits per heavy atom. The smallest absolute Gasteiger partial charge is 0.303 e. The lowest BCUT2D eigenvalue weighted by molar-refractivity contribution is -0.136. The zero-order chi connectivity index (χ0) is 12.6. The quantitative estimate of drug-likeness (QED) is 0.869. The van der Waals surface area contributed by atoms with Gasteiger partial charge in [-0.15, -0.1) is 0 Å². The summed E-state index contributed by atoms with van der Waals surface area (Å²) in [6.45, 7) is 6.31. The van der Waals surface area contributed by atoms with E-state index in [9.17, 15) is 4.79 Å². The highest BCUT2D eigenvalue weighted by atomic mass is 16.4. The summed E-state index contributed by atoms with van der Waals surface area (Å²) in [4.78, 5) is 15.2. The van der Waals surface area contributed by atoms with Gasteiger partial charge in [0.2, 0.25) is 0 Å². The van der Waals surface area contributed by atoms with Gasteiger partial charge < -0.3 is 5.11 Å². The topological polar surface area (TPSA) is 49.7 Å². The second-order valence-corrected chi connectivity index (χ2v) is 5.03. The predicted molar refractivity (Wildman–Crippen MR) is 68.2 cm³/mol. The Morgan fingerprint density at radius 3 is 2.76 bits per heavy atom. The summed E-state index contributed by atoms with van der Waals surface area (Å²) in [5.41, 5.74) is 4.31. The monoisotopic (exact) mass is 231 g/mol. The Hall–Kier alpha value is -1.64. The largest absolute Gasteiger partial charge is 0.481 e. The van der Waals surface area contributed by atoms with Crippen LogP contribution in [0.2, 0.25) is 0 Å². The summed E-state index contributed by atoms with van der Waals surface area (Å²) in [7, 11) is 0. The Kier molecular flexibility index (Phi) is 2.77. The minimum Gasteiger partial charge on any atom is -0.481 e. The molecule has 90 valence electrons. The van der Waals surface area contributed by atoms with Gasteiger partial charge in [0.1, 0.15) is 0 Å². The summed E-state index contributed by atoms with van der Waals surface area (Å²) in [5, 5.41) is 8.78. The molecule has 1 aromatic rings. The lowest BCUT2D eigenvalue weighted by atomic mass is 9.79. The molecule has 0 radical (unpaired) electrons. The SMILES string of the molecule is CC1=Nc2cccc(CCC(=O)O)c2C1(C)C. The van der Waals surface area contributed by atoms with Crippen LogP contribution >= 0.6 is 0 Å². The number of aliphatic carboxylic acids is 1. The molecule has 1 aromatic carbocycles. The summed E-state index contributed by atoms with van der Waals surface area (Å²) >= 11 is 0. The summed E-state index contributed by atoms with van der Waals surface area (Å²) in [6, 6.07) is 5.96. The van der Waals surface area contributed by atoms with E-state index in [1.807, 2.05) is 25.1 Å². The van der Waals surface area contributed by atoms with Gasteiger partial charge in [-0.25, -0.2) is 0 Å². The van der Waals surface area contributed by atoms with Gasteiger partial charge >= 0.3 is 5.97 Å². The van der Waals surface area contributed by atoms with E-state index in [-0.39, 0.29) is 11.8 Å². The van der Waals surface area contributed by atoms with Crippen LogP contribution in [-0.2, 0) is 16.6 Å². The number of fused-ring (bicyclic) bond motifs is 1. The molecular weight excluding hydrogens is 214 g/mol. The van der Waals surface area contributed by atoms with Gasteiger partial charge in [-0.3, -0.25) is 9.79 Å². The molecule has 17 heavy (non-hydrogen) atoms. The molecule has 1 N–H and O–H groups in total. The first-order valence-electron chi connectivity index (χ1n) is 5.83. The van der Waals surface area contributed by atoms with Crippen molar-refractivity contribution in [3.8, 4) is 0 Å². The molecule has 0 aromatic heterocycles. The first kappa shape index (κ1) is 11.8. The first-order valence-corrected chi connectivity index (χ1v) is 5.83. The number of carboxylic acid groups (broad SMARTS) is 1. The second-order valence-electron chi connectivity index (χ2n) is 5.03. The fourth-order valence-corrected chi connectivity index (χ4v) is 2.35. The highest BCUT2D eigenvalue weighted by Gasteiger charge is 2.34. The third-order valence-corrected chi connectivity index (χ3v) is 3.55. The summed E-state index contributed by atoms with van der Waals surface area (Å²) < 4.78 is 0. The van der Waals surface area contributed by atoms with Crippen molar-refractivity contribution in [3.05, 3.63) is 29.3 Å². The predicted octanol–water partition coefficient (Wildman–Crippen LogP) is 3.09. The van der Waals surface area contributed by atoms with Crippen LogP contribution in [0, 0.1) is 0 Å². The molecule has 3 nitrogen and oxygen atoms in total. The van der Waals surface area contributed by atoms with Crippen LogP contribution in [0.5, 0.6) is 0 Å². The van der Waals surface area contributed by atoms with Crippen LogP contribution in [0.1, 0.15) is 38.3 Å². The molecular formula is C14H17NO2. The highest BCUT2D eigenvalue weighted by Crippen LogP contribution is 2.42. The number of hydrogen-bond acceptors (Lipinski definition) is 2. The molecule has 0 saturated heterocycles. The van der Waals surface area contributed by atoms with Crippen LogP contribution in [0.25, 0.3) is 0 Å². The highest BCUT2D eigenvalue weighted by molar-refractivity contribution is 6.00. The van der Waals surface area contributed by atoms with Crippen molar-refractivity contribution < 1.29 is 9.90 Å². The summed E-state index contributed by atoms with van der Waals surface area (Å²) in [6.07, 6.45) is 0.746. The van der Waals surface area contributed by atoms with Crippen molar-refractivity contribution in [2.45, 2.75) is 39.0 Å². The van der Waals surface area contributed by atoms with E-state index in [2.05, 4.69) is 18.8 Å². The lowest BCUT2D eigenvalue weighted by Crippen LogP contribution is -2.24.